The summed E-state index contributed by atoms with van der Waals surface area (Å²) in [6.07, 6.45) is 2.70. The van der Waals surface area contributed by atoms with Crippen LogP contribution >= 0.6 is 0 Å². The summed E-state index contributed by atoms with van der Waals surface area (Å²) in [6, 6.07) is 13.3. The molecule has 1 aliphatic rings. The minimum atomic E-state index is -0.00869. The quantitative estimate of drug-likeness (QED) is 0.737. The highest BCUT2D eigenvalue weighted by molar-refractivity contribution is 5.92. The van der Waals surface area contributed by atoms with Crippen LogP contribution in [0.2, 0.25) is 0 Å². The van der Waals surface area contributed by atoms with E-state index in [9.17, 15) is 4.79 Å². The topological polar surface area (TPSA) is 41.1 Å². The maximum Gasteiger partial charge on any atom is 0.224 e. The summed E-state index contributed by atoms with van der Waals surface area (Å²) in [5.74, 6) is 0.0844. The van der Waals surface area contributed by atoms with Crippen LogP contribution in [0.3, 0.4) is 0 Å². The van der Waals surface area contributed by atoms with E-state index in [1.165, 1.54) is 16.8 Å². The van der Waals surface area contributed by atoms with Crippen LogP contribution in [0.15, 0.2) is 36.4 Å². The number of rotatable bonds is 3. The van der Waals surface area contributed by atoms with E-state index < -0.39 is 0 Å². The van der Waals surface area contributed by atoms with Crippen molar-refractivity contribution in [2.45, 2.75) is 59.9 Å². The van der Waals surface area contributed by atoms with E-state index in [1.807, 2.05) is 0 Å². The Morgan fingerprint density at radius 1 is 1.15 bits per heavy atom. The van der Waals surface area contributed by atoms with E-state index in [2.05, 4.69) is 81.7 Å². The predicted molar refractivity (Wildman–Crippen MR) is 110 cm³/mol. The number of anilines is 2. The molecule has 1 heterocycles. The first-order valence-corrected chi connectivity index (χ1v) is 9.48. The van der Waals surface area contributed by atoms with Crippen molar-refractivity contribution in [3.8, 4) is 0 Å². The van der Waals surface area contributed by atoms with E-state index >= 15 is 0 Å². The third-order valence-electron chi connectivity index (χ3n) is 4.96. The molecular formula is C23H30N2O. The third-order valence-corrected chi connectivity index (χ3v) is 4.96. The van der Waals surface area contributed by atoms with Crippen LogP contribution in [-0.2, 0) is 11.2 Å². The molecule has 0 saturated carbocycles. The molecule has 0 aliphatic carbocycles. The van der Waals surface area contributed by atoms with Crippen LogP contribution < -0.4 is 10.6 Å². The number of hydrogen-bond acceptors (Lipinski definition) is 2. The molecule has 1 unspecified atom stereocenters. The van der Waals surface area contributed by atoms with Crippen LogP contribution in [0, 0.1) is 19.3 Å². The Labute approximate surface area is 157 Å². The minimum Gasteiger partial charge on any atom is -0.378 e. The fourth-order valence-corrected chi connectivity index (χ4v) is 3.75. The lowest BCUT2D eigenvalue weighted by molar-refractivity contribution is -0.117. The van der Waals surface area contributed by atoms with E-state index in [0.29, 0.717) is 12.5 Å². The Kier molecular flexibility index (Phi) is 5.08. The number of para-hydroxylation sites is 1. The van der Waals surface area contributed by atoms with Crippen molar-refractivity contribution in [2.24, 2.45) is 5.41 Å². The number of amides is 1. The van der Waals surface area contributed by atoms with Gasteiger partial charge in [-0.25, -0.2) is 0 Å². The molecule has 2 aromatic carbocycles. The molecule has 2 N–H and O–H groups in total. The van der Waals surface area contributed by atoms with Gasteiger partial charge in [0.1, 0.15) is 0 Å². The van der Waals surface area contributed by atoms with E-state index in [4.69, 9.17) is 0 Å². The van der Waals surface area contributed by atoms with Gasteiger partial charge in [-0.1, -0.05) is 51.1 Å². The number of aryl methyl sites for hydroxylation is 3. The first kappa shape index (κ1) is 18.5. The van der Waals surface area contributed by atoms with E-state index in [-0.39, 0.29) is 11.3 Å². The number of nitrogens with one attached hydrogen (secondary N) is 2. The molecule has 0 radical (unpaired) electrons. The summed E-state index contributed by atoms with van der Waals surface area (Å²) >= 11 is 0. The first-order valence-electron chi connectivity index (χ1n) is 9.48. The Hall–Kier alpha value is -2.29. The molecule has 1 atom stereocenters. The van der Waals surface area contributed by atoms with Crippen LogP contribution in [0.1, 0.15) is 61.9 Å². The highest BCUT2D eigenvalue weighted by Crippen LogP contribution is 2.35. The second-order valence-corrected chi connectivity index (χ2v) is 8.71. The van der Waals surface area contributed by atoms with Gasteiger partial charge in [0.05, 0.1) is 6.04 Å². The molecule has 26 heavy (non-hydrogen) atoms. The highest BCUT2D eigenvalue weighted by Gasteiger charge is 2.21. The lowest BCUT2D eigenvalue weighted by atomic mass is 9.90. The molecule has 0 aromatic heterocycles. The van der Waals surface area contributed by atoms with Gasteiger partial charge in [-0.3, -0.25) is 4.79 Å². The normalized spacial score (nSPS) is 16.6. The summed E-state index contributed by atoms with van der Waals surface area (Å²) in [5.41, 5.74) is 7.13. The fourth-order valence-electron chi connectivity index (χ4n) is 3.75. The smallest absolute Gasteiger partial charge is 0.224 e. The monoisotopic (exact) mass is 350 g/mol. The number of carbonyl (C=O) groups excluding carboxylic acids is 1. The van der Waals surface area contributed by atoms with Gasteiger partial charge in [0.25, 0.3) is 0 Å². The van der Waals surface area contributed by atoms with Crippen molar-refractivity contribution in [3.05, 3.63) is 58.7 Å². The lowest BCUT2D eigenvalue weighted by Crippen LogP contribution is -2.21. The summed E-state index contributed by atoms with van der Waals surface area (Å²) in [4.78, 5) is 12.3. The number of fused-ring (bicyclic) bond motifs is 1. The molecule has 0 bridgehead atoms. The SMILES string of the molecule is Cc1cc(C2CCc3ccccc3N2)cc(C)c1NC(=O)CC(C)(C)C. The molecule has 0 fully saturated rings. The van der Waals surface area contributed by atoms with Crippen LogP contribution in [-0.4, -0.2) is 5.91 Å². The molecule has 3 heteroatoms. The first-order chi connectivity index (χ1) is 12.2. The van der Waals surface area contributed by atoms with E-state index in [0.717, 1.165) is 29.7 Å². The Balaban J connectivity index is 1.79. The van der Waals surface area contributed by atoms with Crippen molar-refractivity contribution in [1.82, 2.24) is 0 Å². The zero-order chi connectivity index (χ0) is 18.9. The van der Waals surface area contributed by atoms with Gasteiger partial charge in [0.2, 0.25) is 5.91 Å². The molecule has 3 nitrogen and oxygen atoms in total. The molecule has 2 aromatic rings. The molecule has 1 amide bonds. The largest absolute Gasteiger partial charge is 0.378 e. The summed E-state index contributed by atoms with van der Waals surface area (Å²) < 4.78 is 0. The standard InChI is InChI=1S/C23H30N2O/c1-15-12-18(20-11-10-17-8-6-7-9-19(17)24-20)13-16(2)22(15)25-21(26)14-23(3,4)5/h6-9,12-13,20,24H,10-11,14H2,1-5H3,(H,25,26). The zero-order valence-electron chi connectivity index (χ0n) is 16.6. The number of hydrogen-bond donors (Lipinski definition) is 2. The van der Waals surface area contributed by atoms with Gasteiger partial charge < -0.3 is 10.6 Å². The molecule has 1 aliphatic heterocycles. The maximum absolute atomic E-state index is 12.3. The van der Waals surface area contributed by atoms with Crippen LogP contribution in [0.25, 0.3) is 0 Å². The molecule has 138 valence electrons. The van der Waals surface area contributed by atoms with Gasteiger partial charge in [0, 0.05) is 17.8 Å². The van der Waals surface area contributed by atoms with Gasteiger partial charge >= 0.3 is 0 Å². The van der Waals surface area contributed by atoms with Crippen molar-refractivity contribution in [2.75, 3.05) is 10.6 Å². The molecule has 3 rings (SSSR count). The van der Waals surface area contributed by atoms with Crippen LogP contribution in [0.4, 0.5) is 11.4 Å². The summed E-state index contributed by atoms with van der Waals surface area (Å²) in [5, 5.41) is 6.79. The highest BCUT2D eigenvalue weighted by atomic mass is 16.1. The van der Waals surface area contributed by atoms with Crippen molar-refractivity contribution in [3.63, 3.8) is 0 Å². The number of carbonyl (C=O) groups is 1. The maximum atomic E-state index is 12.3. The predicted octanol–water partition coefficient (Wildman–Crippen LogP) is 5.78. The fraction of sp³-hybridized carbons (Fsp3) is 0.435. The Morgan fingerprint density at radius 3 is 2.46 bits per heavy atom. The second-order valence-electron chi connectivity index (χ2n) is 8.71. The van der Waals surface area contributed by atoms with Gasteiger partial charge in [-0.05, 0) is 60.4 Å². The molecule has 0 spiro atoms. The second kappa shape index (κ2) is 7.14. The van der Waals surface area contributed by atoms with Gasteiger partial charge in [-0.15, -0.1) is 0 Å². The number of benzene rings is 2. The lowest BCUT2D eigenvalue weighted by Gasteiger charge is -2.28. The Morgan fingerprint density at radius 2 is 1.81 bits per heavy atom. The average molecular weight is 351 g/mol. The van der Waals surface area contributed by atoms with Crippen LogP contribution in [0.5, 0.6) is 0 Å². The Bertz CT molecular complexity index is 794. The zero-order valence-corrected chi connectivity index (χ0v) is 16.6. The van der Waals surface area contributed by atoms with Gasteiger partial charge in [-0.2, -0.15) is 0 Å². The van der Waals surface area contributed by atoms with Crippen molar-refractivity contribution in [1.29, 1.82) is 0 Å². The molecular weight excluding hydrogens is 320 g/mol. The third kappa shape index (κ3) is 4.27. The average Bonchev–Trinajstić information content (AvgIpc) is 2.56. The summed E-state index contributed by atoms with van der Waals surface area (Å²) in [6.45, 7) is 10.4. The minimum absolute atomic E-state index is 0.00869. The van der Waals surface area contributed by atoms with Crippen molar-refractivity contribution < 1.29 is 4.79 Å². The summed E-state index contributed by atoms with van der Waals surface area (Å²) in [7, 11) is 0. The van der Waals surface area contributed by atoms with Crippen molar-refractivity contribution >= 4 is 17.3 Å². The molecule has 0 saturated heterocycles. The van der Waals surface area contributed by atoms with E-state index in [1.54, 1.807) is 0 Å². The van der Waals surface area contributed by atoms with Gasteiger partial charge in [0.15, 0.2) is 0 Å².